The van der Waals surface area contributed by atoms with Gasteiger partial charge in [-0.25, -0.2) is 0 Å². The van der Waals surface area contributed by atoms with Crippen molar-refractivity contribution in [3.05, 3.63) is 54.7 Å². The Kier molecular flexibility index (Phi) is 4.01. The van der Waals surface area contributed by atoms with E-state index in [9.17, 15) is 5.11 Å². The molecule has 0 aliphatic rings. The number of hydrogen-bond donors (Lipinski definition) is 1. The van der Waals surface area contributed by atoms with Crippen LogP contribution in [-0.2, 0) is 0 Å². The lowest BCUT2D eigenvalue weighted by Gasteiger charge is -2.11. The fourth-order valence-electron chi connectivity index (χ4n) is 1.50. The van der Waals surface area contributed by atoms with Crippen LogP contribution < -0.4 is 0 Å². The summed E-state index contributed by atoms with van der Waals surface area (Å²) in [5, 5.41) is 11.1. The Hall–Kier alpha value is -0.250. The molecule has 0 saturated heterocycles. The molecule has 0 aliphatic heterocycles. The molecule has 1 nitrogen and oxygen atoms in total. The van der Waals surface area contributed by atoms with Crippen molar-refractivity contribution in [1.82, 2.24) is 0 Å². The molecule has 1 atom stereocenters. The summed E-state index contributed by atoms with van der Waals surface area (Å²) in [6, 6.07) is 7.05. The van der Waals surface area contributed by atoms with Gasteiger partial charge in [0, 0.05) is 10.4 Å². The third-order valence-corrected chi connectivity index (χ3v) is 4.86. The number of aliphatic hydroxyl groups excluding tert-OH is 1. The summed E-state index contributed by atoms with van der Waals surface area (Å²) < 4.78 is 0.678. The second-order valence-corrected chi connectivity index (χ2v) is 6.12. The van der Waals surface area contributed by atoms with Gasteiger partial charge in [-0.15, -0.1) is 11.3 Å². The van der Waals surface area contributed by atoms with E-state index in [1.54, 1.807) is 18.2 Å². The van der Waals surface area contributed by atoms with Crippen molar-refractivity contribution in [3.63, 3.8) is 0 Å². The van der Waals surface area contributed by atoms with Crippen LogP contribution in [0.15, 0.2) is 24.3 Å². The summed E-state index contributed by atoms with van der Waals surface area (Å²) in [5.41, 5.74) is 1.54. The van der Waals surface area contributed by atoms with Gasteiger partial charge in [0.1, 0.15) is 6.10 Å². The van der Waals surface area contributed by atoms with E-state index in [0.29, 0.717) is 19.9 Å². The van der Waals surface area contributed by atoms with Crippen LogP contribution in [0, 0.1) is 6.92 Å². The minimum Gasteiger partial charge on any atom is -0.383 e. The third kappa shape index (κ3) is 2.61. The number of benzene rings is 1. The van der Waals surface area contributed by atoms with Gasteiger partial charge in [-0.2, -0.15) is 0 Å². The predicted molar refractivity (Wildman–Crippen MR) is 74.6 cm³/mol. The fraction of sp³-hybridized carbons (Fsp3) is 0.167. The molecule has 2 aromatic rings. The molecule has 1 aromatic carbocycles. The molecular weight excluding hydrogens is 299 g/mol. The first kappa shape index (κ1) is 13.2. The number of rotatable bonds is 2. The van der Waals surface area contributed by atoms with Gasteiger partial charge in [-0.3, -0.25) is 0 Å². The van der Waals surface area contributed by atoms with Crippen molar-refractivity contribution in [2.45, 2.75) is 13.0 Å². The number of aryl methyl sites for hydroxylation is 1. The molecule has 0 spiro atoms. The monoisotopic (exact) mass is 306 g/mol. The minimum atomic E-state index is -0.794. The van der Waals surface area contributed by atoms with Crippen molar-refractivity contribution < 1.29 is 5.11 Å². The smallest absolute Gasteiger partial charge is 0.115 e. The molecule has 0 radical (unpaired) electrons. The van der Waals surface area contributed by atoms with Crippen LogP contribution in [-0.4, -0.2) is 5.11 Å². The van der Waals surface area contributed by atoms with Gasteiger partial charge < -0.3 is 5.11 Å². The summed E-state index contributed by atoms with van der Waals surface area (Å²) in [6.07, 6.45) is -0.794. The summed E-state index contributed by atoms with van der Waals surface area (Å²) in [4.78, 5) is 0.761. The SMILES string of the molecule is Cc1cc(C(O)c2cccc(Cl)c2Cl)sc1Cl. The molecule has 0 bridgehead atoms. The molecule has 90 valence electrons. The van der Waals surface area contributed by atoms with Crippen LogP contribution in [0.2, 0.25) is 14.4 Å². The van der Waals surface area contributed by atoms with Gasteiger partial charge in [0.25, 0.3) is 0 Å². The first-order valence-electron chi connectivity index (χ1n) is 4.88. The lowest BCUT2D eigenvalue weighted by Crippen LogP contribution is -1.98. The maximum Gasteiger partial charge on any atom is 0.115 e. The average molecular weight is 308 g/mol. The van der Waals surface area contributed by atoms with Crippen molar-refractivity contribution in [2.24, 2.45) is 0 Å². The van der Waals surface area contributed by atoms with Gasteiger partial charge in [0.05, 0.1) is 14.4 Å². The molecule has 5 heteroatoms. The predicted octanol–water partition coefficient (Wildman–Crippen LogP) is 5.10. The van der Waals surface area contributed by atoms with Crippen molar-refractivity contribution in [1.29, 1.82) is 0 Å². The minimum absolute atomic E-state index is 0.379. The Morgan fingerprint density at radius 2 is 1.94 bits per heavy atom. The third-order valence-electron chi connectivity index (χ3n) is 2.42. The van der Waals surface area contributed by atoms with E-state index < -0.39 is 6.10 Å². The molecule has 0 saturated carbocycles. The van der Waals surface area contributed by atoms with Gasteiger partial charge in [0.15, 0.2) is 0 Å². The number of aliphatic hydroxyl groups is 1. The van der Waals surface area contributed by atoms with Gasteiger partial charge in [0.2, 0.25) is 0 Å². The molecule has 0 aliphatic carbocycles. The number of halogens is 3. The first-order valence-corrected chi connectivity index (χ1v) is 6.83. The van der Waals surface area contributed by atoms with Crippen LogP contribution in [0.4, 0.5) is 0 Å². The zero-order valence-electron chi connectivity index (χ0n) is 8.88. The molecule has 1 unspecified atom stereocenters. The number of hydrogen-bond acceptors (Lipinski definition) is 2. The van der Waals surface area contributed by atoms with Crippen molar-refractivity contribution in [2.75, 3.05) is 0 Å². The van der Waals surface area contributed by atoms with E-state index >= 15 is 0 Å². The lowest BCUT2D eigenvalue weighted by atomic mass is 10.1. The normalized spacial score (nSPS) is 12.8. The summed E-state index contributed by atoms with van der Waals surface area (Å²) in [7, 11) is 0. The quantitative estimate of drug-likeness (QED) is 0.818. The van der Waals surface area contributed by atoms with E-state index in [1.807, 2.05) is 13.0 Å². The average Bonchev–Trinajstić information content (AvgIpc) is 2.62. The van der Waals surface area contributed by atoms with E-state index in [1.165, 1.54) is 11.3 Å². The van der Waals surface area contributed by atoms with Gasteiger partial charge in [-0.1, -0.05) is 46.9 Å². The highest BCUT2D eigenvalue weighted by Crippen LogP contribution is 2.38. The Bertz CT molecular complexity index is 531. The molecule has 1 heterocycles. The summed E-state index contributed by atoms with van der Waals surface area (Å²) in [5.74, 6) is 0. The molecule has 1 N–H and O–H groups in total. The molecule has 17 heavy (non-hydrogen) atoms. The molecule has 0 fully saturated rings. The highest BCUT2D eigenvalue weighted by molar-refractivity contribution is 7.16. The summed E-state index contributed by atoms with van der Waals surface area (Å²) in [6.45, 7) is 1.90. The summed E-state index contributed by atoms with van der Waals surface area (Å²) >= 11 is 19.3. The fourth-order valence-corrected chi connectivity index (χ4v) is 3.14. The van der Waals surface area contributed by atoms with Gasteiger partial charge >= 0.3 is 0 Å². The molecule has 0 amide bonds. The maximum atomic E-state index is 10.2. The Morgan fingerprint density at radius 3 is 2.53 bits per heavy atom. The largest absolute Gasteiger partial charge is 0.383 e. The van der Waals surface area contributed by atoms with Crippen molar-refractivity contribution >= 4 is 46.1 Å². The van der Waals surface area contributed by atoms with E-state index in [2.05, 4.69) is 0 Å². The second kappa shape index (κ2) is 5.17. The number of thiophene rings is 1. The van der Waals surface area contributed by atoms with Crippen molar-refractivity contribution in [3.8, 4) is 0 Å². The van der Waals surface area contributed by atoms with Crippen LogP contribution in [0.1, 0.15) is 22.1 Å². The Labute approximate surface area is 119 Å². The molecule has 1 aromatic heterocycles. The Morgan fingerprint density at radius 1 is 1.24 bits per heavy atom. The standard InChI is InChI=1S/C12H9Cl3OS/c1-6-5-9(17-12(6)15)11(16)7-3-2-4-8(13)10(7)14/h2-5,11,16H,1H3. The molecule has 2 rings (SSSR count). The highest BCUT2D eigenvalue weighted by atomic mass is 35.5. The van der Waals surface area contributed by atoms with E-state index in [0.717, 1.165) is 10.4 Å². The second-order valence-electron chi connectivity index (χ2n) is 3.65. The first-order chi connectivity index (χ1) is 8.00. The zero-order valence-corrected chi connectivity index (χ0v) is 12.0. The maximum absolute atomic E-state index is 10.2. The van der Waals surface area contributed by atoms with Gasteiger partial charge in [-0.05, 0) is 24.6 Å². The van der Waals surface area contributed by atoms with Crippen LogP contribution >= 0.6 is 46.1 Å². The molecular formula is C12H9Cl3OS. The lowest BCUT2D eigenvalue weighted by molar-refractivity contribution is 0.224. The van der Waals surface area contributed by atoms with Crippen LogP contribution in [0.3, 0.4) is 0 Å². The Balaban J connectivity index is 2.43. The van der Waals surface area contributed by atoms with Crippen LogP contribution in [0.5, 0.6) is 0 Å². The topological polar surface area (TPSA) is 20.2 Å². The zero-order chi connectivity index (χ0) is 12.6. The van der Waals surface area contributed by atoms with E-state index in [-0.39, 0.29) is 0 Å². The van der Waals surface area contributed by atoms with Crippen LogP contribution in [0.25, 0.3) is 0 Å². The van der Waals surface area contributed by atoms with E-state index in [4.69, 9.17) is 34.8 Å². The highest BCUT2D eigenvalue weighted by Gasteiger charge is 2.18.